The number of aliphatic imine (C=N–C) groups is 1. The fourth-order valence-corrected chi connectivity index (χ4v) is 3.93. The first-order valence-electron chi connectivity index (χ1n) is 9.87. The molecule has 1 atom stereocenters. The summed E-state index contributed by atoms with van der Waals surface area (Å²) in [6.07, 6.45) is 12.3. The van der Waals surface area contributed by atoms with Crippen molar-refractivity contribution in [3.05, 3.63) is 48.2 Å². The van der Waals surface area contributed by atoms with Gasteiger partial charge in [-0.25, -0.2) is 9.30 Å². The molecule has 1 aromatic rings. The van der Waals surface area contributed by atoms with Gasteiger partial charge in [0.05, 0.1) is 24.5 Å². The molecule has 1 saturated heterocycles. The molecule has 3 rings (SSSR count). The number of benzene rings is 1. The van der Waals surface area contributed by atoms with Crippen LogP contribution in [0, 0.1) is 5.92 Å². The van der Waals surface area contributed by atoms with Crippen LogP contribution in [0.4, 0.5) is 5.69 Å². The molecule has 0 aromatic heterocycles. The van der Waals surface area contributed by atoms with Crippen LogP contribution in [-0.4, -0.2) is 61.8 Å². The summed E-state index contributed by atoms with van der Waals surface area (Å²) in [6.45, 7) is 2.77. The van der Waals surface area contributed by atoms with Crippen molar-refractivity contribution >= 4 is 36.5 Å². The maximum absolute atomic E-state index is 10.7. The number of aldehydes is 2. The highest BCUT2D eigenvalue weighted by atomic mass is 32.2. The van der Waals surface area contributed by atoms with E-state index >= 15 is 0 Å². The minimum Gasteiger partial charge on any atom is -0.388 e. The highest BCUT2D eigenvalue weighted by Crippen LogP contribution is 2.28. The zero-order valence-corrected chi connectivity index (χ0v) is 18.0. The average Bonchev–Trinajstić information content (AvgIpc) is 3.26. The molecule has 0 amide bonds. The number of hydrogen-bond donors (Lipinski definition) is 1. The first kappa shape index (κ1) is 22.9. The molecule has 6 nitrogen and oxygen atoms in total. The van der Waals surface area contributed by atoms with Crippen LogP contribution in [-0.2, 0) is 9.59 Å². The number of carbonyl (C=O) groups is 2. The van der Waals surface area contributed by atoms with Gasteiger partial charge >= 0.3 is 0 Å². The maximum Gasteiger partial charge on any atom is 0.139 e. The number of hydrogen-bond acceptors (Lipinski definition) is 6. The van der Waals surface area contributed by atoms with Crippen molar-refractivity contribution in [3.8, 4) is 0 Å². The molecule has 29 heavy (non-hydrogen) atoms. The van der Waals surface area contributed by atoms with E-state index in [0.29, 0.717) is 13.0 Å². The molecular weight excluding hydrogens is 384 g/mol. The van der Waals surface area contributed by atoms with E-state index in [1.165, 1.54) is 36.5 Å². The lowest BCUT2D eigenvalue weighted by atomic mass is 9.99. The SMILES string of the molecule is CN(C=NC1=CC=CCC1C=O)CC=O.CNc1cccc(SN2CCCC2)c1. The summed E-state index contributed by atoms with van der Waals surface area (Å²) in [7, 11) is 3.71. The van der Waals surface area contributed by atoms with Gasteiger partial charge in [-0.3, -0.25) is 0 Å². The van der Waals surface area contributed by atoms with Crippen LogP contribution in [0.15, 0.2) is 58.1 Å². The summed E-state index contributed by atoms with van der Waals surface area (Å²) in [5.74, 6) is -0.157. The quantitative estimate of drug-likeness (QED) is 0.303. The van der Waals surface area contributed by atoms with Crippen LogP contribution >= 0.6 is 11.9 Å². The van der Waals surface area contributed by atoms with E-state index in [1.54, 1.807) is 18.3 Å². The Morgan fingerprint density at radius 1 is 1.31 bits per heavy atom. The van der Waals surface area contributed by atoms with Crippen LogP contribution in [0.3, 0.4) is 0 Å². The van der Waals surface area contributed by atoms with Crippen LogP contribution < -0.4 is 5.32 Å². The molecule has 1 aromatic carbocycles. The Kier molecular flexibility index (Phi) is 10.2. The Labute approximate surface area is 177 Å². The van der Waals surface area contributed by atoms with E-state index in [4.69, 9.17) is 0 Å². The van der Waals surface area contributed by atoms with Gasteiger partial charge in [0.1, 0.15) is 12.6 Å². The van der Waals surface area contributed by atoms with Crippen molar-refractivity contribution in [2.75, 3.05) is 39.0 Å². The molecule has 1 aliphatic heterocycles. The summed E-state index contributed by atoms with van der Waals surface area (Å²) >= 11 is 1.87. The fraction of sp³-hybridized carbons (Fsp3) is 0.409. The highest BCUT2D eigenvalue weighted by Gasteiger charge is 2.13. The van der Waals surface area contributed by atoms with E-state index < -0.39 is 0 Å². The average molecular weight is 415 g/mol. The summed E-state index contributed by atoms with van der Waals surface area (Å²) in [5, 5.41) is 3.16. The summed E-state index contributed by atoms with van der Waals surface area (Å²) in [5.41, 5.74) is 1.93. The molecule has 0 bridgehead atoms. The van der Waals surface area contributed by atoms with E-state index in [1.807, 2.05) is 37.2 Å². The lowest BCUT2D eigenvalue weighted by molar-refractivity contribution is -0.110. The Morgan fingerprint density at radius 3 is 2.79 bits per heavy atom. The number of rotatable bonds is 8. The Balaban J connectivity index is 0.000000207. The van der Waals surface area contributed by atoms with Gasteiger partial charge in [0.25, 0.3) is 0 Å². The van der Waals surface area contributed by atoms with Crippen LogP contribution in [0.2, 0.25) is 0 Å². The van der Waals surface area contributed by atoms with Crippen molar-refractivity contribution in [1.29, 1.82) is 0 Å². The van der Waals surface area contributed by atoms with Gasteiger partial charge in [-0.1, -0.05) is 18.2 Å². The van der Waals surface area contributed by atoms with Gasteiger partial charge in [0.15, 0.2) is 0 Å². The molecule has 1 N–H and O–H groups in total. The topological polar surface area (TPSA) is 65.0 Å². The highest BCUT2D eigenvalue weighted by molar-refractivity contribution is 7.97. The molecule has 1 heterocycles. The second-order valence-corrected chi connectivity index (χ2v) is 8.02. The fourth-order valence-electron chi connectivity index (χ4n) is 2.87. The lowest BCUT2D eigenvalue weighted by Crippen LogP contribution is -2.19. The Morgan fingerprint density at radius 2 is 2.10 bits per heavy atom. The largest absolute Gasteiger partial charge is 0.388 e. The van der Waals surface area contributed by atoms with Crippen molar-refractivity contribution in [2.45, 2.75) is 24.2 Å². The zero-order chi connectivity index (χ0) is 20.9. The van der Waals surface area contributed by atoms with Crippen LogP contribution in [0.5, 0.6) is 0 Å². The Bertz CT molecular complexity index is 742. The second kappa shape index (κ2) is 13.0. The second-order valence-electron chi connectivity index (χ2n) is 6.85. The van der Waals surface area contributed by atoms with Crippen molar-refractivity contribution in [1.82, 2.24) is 9.21 Å². The first-order chi connectivity index (χ1) is 14.2. The molecule has 0 saturated carbocycles. The molecule has 1 unspecified atom stereocenters. The molecule has 0 radical (unpaired) electrons. The third-order valence-electron chi connectivity index (χ3n) is 4.53. The third kappa shape index (κ3) is 8.25. The third-order valence-corrected chi connectivity index (χ3v) is 5.61. The summed E-state index contributed by atoms with van der Waals surface area (Å²) in [6, 6.07) is 8.56. The van der Waals surface area contributed by atoms with Crippen LogP contribution in [0.1, 0.15) is 19.3 Å². The van der Waals surface area contributed by atoms with Crippen molar-refractivity contribution < 1.29 is 9.59 Å². The minimum atomic E-state index is -0.157. The van der Waals surface area contributed by atoms with Crippen molar-refractivity contribution in [3.63, 3.8) is 0 Å². The number of carbonyl (C=O) groups excluding carboxylic acids is 2. The van der Waals surface area contributed by atoms with Crippen LogP contribution in [0.25, 0.3) is 0 Å². The summed E-state index contributed by atoms with van der Waals surface area (Å²) in [4.78, 5) is 28.1. The number of allylic oxidation sites excluding steroid dienone is 4. The smallest absolute Gasteiger partial charge is 0.139 e. The number of nitrogens with one attached hydrogen (secondary N) is 1. The van der Waals surface area contributed by atoms with Gasteiger partial charge in [0, 0.05) is 37.8 Å². The monoisotopic (exact) mass is 414 g/mol. The first-order valence-corrected chi connectivity index (χ1v) is 10.6. The van der Waals surface area contributed by atoms with E-state index in [-0.39, 0.29) is 5.92 Å². The molecule has 156 valence electrons. The van der Waals surface area contributed by atoms with Gasteiger partial charge < -0.3 is 19.8 Å². The van der Waals surface area contributed by atoms with Crippen molar-refractivity contribution in [2.24, 2.45) is 10.9 Å². The van der Waals surface area contributed by atoms with E-state index in [9.17, 15) is 9.59 Å². The standard InChI is InChI=1S/C11H14N2O2.C11H16N2S/c1-13(6-7-14)9-12-11-5-3-2-4-10(11)8-15;1-12-10-5-4-6-11(9-10)14-13-7-2-3-8-13/h2-3,5,7-10H,4,6H2,1H3;4-6,9,12H,2-3,7-8H2,1H3. The molecular formula is C22H30N4O2S. The minimum absolute atomic E-state index is 0.157. The number of anilines is 1. The predicted octanol–water partition coefficient (Wildman–Crippen LogP) is 3.64. The molecule has 7 heteroatoms. The van der Waals surface area contributed by atoms with E-state index in [2.05, 4.69) is 38.9 Å². The molecule has 2 aliphatic rings. The van der Waals surface area contributed by atoms with Gasteiger partial charge in [-0.2, -0.15) is 0 Å². The number of likely N-dealkylation sites (N-methyl/N-ethyl adjacent to an activating group) is 1. The summed E-state index contributed by atoms with van der Waals surface area (Å²) < 4.78 is 2.44. The zero-order valence-electron chi connectivity index (χ0n) is 17.2. The van der Waals surface area contributed by atoms with Gasteiger partial charge in [-0.15, -0.1) is 0 Å². The maximum atomic E-state index is 10.7. The molecule has 0 spiro atoms. The number of nitrogens with zero attached hydrogens (tertiary/aromatic N) is 3. The molecule has 1 aliphatic carbocycles. The normalized spacial score (nSPS) is 18.7. The molecule has 1 fully saturated rings. The Hall–Kier alpha value is -2.38. The van der Waals surface area contributed by atoms with Gasteiger partial charge in [0.2, 0.25) is 0 Å². The lowest BCUT2D eigenvalue weighted by Gasteiger charge is -2.13. The van der Waals surface area contributed by atoms with Gasteiger partial charge in [-0.05, 0) is 55.5 Å². The predicted molar refractivity (Wildman–Crippen MR) is 121 cm³/mol. The van der Waals surface area contributed by atoms with E-state index in [0.717, 1.165) is 18.3 Å².